The third-order valence-electron chi connectivity index (χ3n) is 3.21. The number of carbonyl (C=O) groups excluding carboxylic acids is 2. The van der Waals surface area contributed by atoms with Crippen molar-refractivity contribution in [2.75, 3.05) is 12.4 Å². The number of aryl methyl sites for hydroxylation is 1. The lowest BCUT2D eigenvalue weighted by Gasteiger charge is -2.10. The van der Waals surface area contributed by atoms with E-state index in [1.54, 1.807) is 31.3 Å². The fourth-order valence-electron chi connectivity index (χ4n) is 1.99. The minimum atomic E-state index is -2.80. The molecule has 0 saturated carbocycles. The van der Waals surface area contributed by atoms with E-state index in [0.29, 0.717) is 16.8 Å². The number of nitrogens with zero attached hydrogens (tertiary/aromatic N) is 2. The van der Waals surface area contributed by atoms with Crippen molar-refractivity contribution in [1.29, 1.82) is 0 Å². The normalized spacial score (nSPS) is 10.6. The van der Waals surface area contributed by atoms with E-state index in [2.05, 4.69) is 15.7 Å². The number of anilines is 1. The Bertz CT molecular complexity index is 700. The molecule has 0 aliphatic rings. The van der Waals surface area contributed by atoms with Crippen LogP contribution in [0.5, 0.6) is 0 Å². The molecular weight excluding hydrogens is 306 g/mol. The van der Waals surface area contributed by atoms with Crippen molar-refractivity contribution in [2.45, 2.75) is 19.4 Å². The summed E-state index contributed by atoms with van der Waals surface area (Å²) in [5.41, 5.74) is 1.19. The van der Waals surface area contributed by atoms with Gasteiger partial charge in [0.15, 0.2) is 5.69 Å². The van der Waals surface area contributed by atoms with Gasteiger partial charge in [-0.25, -0.2) is 4.68 Å². The van der Waals surface area contributed by atoms with Crippen molar-refractivity contribution in [3.05, 3.63) is 47.8 Å². The van der Waals surface area contributed by atoms with Crippen LogP contribution in [0, 0.1) is 0 Å². The van der Waals surface area contributed by atoms with Crippen LogP contribution in [0.4, 0.5) is 14.5 Å². The number of alkyl halides is 2. The zero-order chi connectivity index (χ0) is 16.8. The second-order valence-corrected chi connectivity index (χ2v) is 4.74. The van der Waals surface area contributed by atoms with Gasteiger partial charge in [0.05, 0.1) is 0 Å². The molecule has 122 valence electrons. The van der Waals surface area contributed by atoms with E-state index in [9.17, 15) is 18.4 Å². The number of carbonyl (C=O) groups is 2. The smallest absolute Gasteiger partial charge is 0.333 e. The van der Waals surface area contributed by atoms with E-state index < -0.39 is 12.5 Å². The van der Waals surface area contributed by atoms with Gasteiger partial charge in [0, 0.05) is 25.4 Å². The summed E-state index contributed by atoms with van der Waals surface area (Å²) in [6.45, 7) is -2.80. The van der Waals surface area contributed by atoms with Gasteiger partial charge < -0.3 is 10.6 Å². The molecule has 8 heteroatoms. The Morgan fingerprint density at radius 1 is 1.26 bits per heavy atom. The molecule has 0 fully saturated rings. The highest BCUT2D eigenvalue weighted by atomic mass is 19.3. The molecule has 0 unspecified atom stereocenters. The standard InChI is InChI=1S/C15H16F2N4O2/c1-18-13(22)7-6-10-4-2-3-5-11(10)19-14(23)12-8-9-21(20-12)15(16)17/h2-5,8-9,15H,6-7H2,1H3,(H,18,22)(H,19,23). The zero-order valence-electron chi connectivity index (χ0n) is 12.4. The molecule has 2 rings (SSSR count). The molecule has 2 amide bonds. The number of aromatic nitrogens is 2. The minimum Gasteiger partial charge on any atom is -0.359 e. The molecule has 2 aromatic rings. The number of halogens is 2. The molecule has 0 aliphatic heterocycles. The van der Waals surface area contributed by atoms with Gasteiger partial charge in [-0.15, -0.1) is 0 Å². The molecule has 0 atom stereocenters. The van der Waals surface area contributed by atoms with E-state index in [1.165, 1.54) is 6.07 Å². The Labute approximate surface area is 131 Å². The van der Waals surface area contributed by atoms with Gasteiger partial charge in [-0.1, -0.05) is 18.2 Å². The first kappa shape index (κ1) is 16.6. The zero-order valence-corrected chi connectivity index (χ0v) is 12.4. The van der Waals surface area contributed by atoms with Crippen LogP contribution >= 0.6 is 0 Å². The summed E-state index contributed by atoms with van der Waals surface area (Å²) in [5, 5.41) is 8.67. The molecule has 23 heavy (non-hydrogen) atoms. The quantitative estimate of drug-likeness (QED) is 0.856. The number of nitrogens with one attached hydrogen (secondary N) is 2. The summed E-state index contributed by atoms with van der Waals surface area (Å²) in [7, 11) is 1.55. The molecule has 0 bridgehead atoms. The SMILES string of the molecule is CNC(=O)CCc1ccccc1NC(=O)c1ccn(C(F)F)n1. The summed E-state index contributed by atoms with van der Waals surface area (Å²) < 4.78 is 25.4. The van der Waals surface area contributed by atoms with Crippen LogP contribution < -0.4 is 10.6 Å². The molecular formula is C15H16F2N4O2. The van der Waals surface area contributed by atoms with Gasteiger partial charge >= 0.3 is 6.55 Å². The lowest BCUT2D eigenvalue weighted by Crippen LogP contribution is -2.19. The van der Waals surface area contributed by atoms with Crippen LogP contribution in [0.25, 0.3) is 0 Å². The molecule has 0 saturated heterocycles. The van der Waals surface area contributed by atoms with Crippen molar-refractivity contribution in [1.82, 2.24) is 15.1 Å². The van der Waals surface area contributed by atoms with Crippen LogP contribution in [-0.4, -0.2) is 28.6 Å². The van der Waals surface area contributed by atoms with Crippen LogP contribution in [0.3, 0.4) is 0 Å². The number of amides is 2. The molecule has 1 aromatic carbocycles. The third-order valence-corrected chi connectivity index (χ3v) is 3.21. The van der Waals surface area contributed by atoms with Crippen molar-refractivity contribution in [3.8, 4) is 0 Å². The van der Waals surface area contributed by atoms with Crippen molar-refractivity contribution in [2.24, 2.45) is 0 Å². The maximum atomic E-state index is 12.5. The summed E-state index contributed by atoms with van der Waals surface area (Å²) in [6, 6.07) is 8.21. The molecule has 1 aromatic heterocycles. The third kappa shape index (κ3) is 4.35. The first-order valence-corrected chi connectivity index (χ1v) is 6.94. The highest BCUT2D eigenvalue weighted by Gasteiger charge is 2.15. The van der Waals surface area contributed by atoms with Crippen molar-refractivity contribution in [3.63, 3.8) is 0 Å². The summed E-state index contributed by atoms with van der Waals surface area (Å²) in [6.07, 6.45) is 1.77. The highest BCUT2D eigenvalue weighted by molar-refractivity contribution is 6.03. The number of hydrogen-bond donors (Lipinski definition) is 2. The molecule has 1 heterocycles. The first-order chi connectivity index (χ1) is 11.0. The Kier molecular flexibility index (Phi) is 5.40. The Morgan fingerprint density at radius 2 is 2.00 bits per heavy atom. The van der Waals surface area contributed by atoms with Crippen LogP contribution in [0.2, 0.25) is 0 Å². The Hall–Kier alpha value is -2.77. The predicted octanol–water partition coefficient (Wildman–Crippen LogP) is 2.21. The van der Waals surface area contributed by atoms with Crippen LogP contribution in [0.1, 0.15) is 29.0 Å². The minimum absolute atomic E-state index is 0.105. The number of hydrogen-bond acceptors (Lipinski definition) is 3. The maximum Gasteiger partial charge on any atom is 0.333 e. The van der Waals surface area contributed by atoms with Crippen LogP contribution in [-0.2, 0) is 11.2 Å². The number of benzene rings is 1. The fourth-order valence-corrected chi connectivity index (χ4v) is 1.99. The van der Waals surface area contributed by atoms with Crippen molar-refractivity contribution < 1.29 is 18.4 Å². The lowest BCUT2D eigenvalue weighted by atomic mass is 10.1. The topological polar surface area (TPSA) is 76.0 Å². The highest BCUT2D eigenvalue weighted by Crippen LogP contribution is 2.18. The Morgan fingerprint density at radius 3 is 2.65 bits per heavy atom. The largest absolute Gasteiger partial charge is 0.359 e. The summed E-state index contributed by atoms with van der Waals surface area (Å²) in [5.74, 6) is -0.696. The maximum absolute atomic E-state index is 12.5. The molecule has 2 N–H and O–H groups in total. The van der Waals surface area contributed by atoms with Gasteiger partial charge in [-0.05, 0) is 24.1 Å². The molecule has 0 spiro atoms. The van der Waals surface area contributed by atoms with Crippen LogP contribution in [0.15, 0.2) is 36.5 Å². The van der Waals surface area contributed by atoms with Crippen molar-refractivity contribution >= 4 is 17.5 Å². The predicted molar refractivity (Wildman–Crippen MR) is 80.3 cm³/mol. The second-order valence-electron chi connectivity index (χ2n) is 4.74. The second kappa shape index (κ2) is 7.48. The molecule has 6 nitrogen and oxygen atoms in total. The Balaban J connectivity index is 2.09. The molecule has 0 aliphatic carbocycles. The average Bonchev–Trinajstić information content (AvgIpc) is 3.04. The fraction of sp³-hybridized carbons (Fsp3) is 0.267. The average molecular weight is 322 g/mol. The number of rotatable bonds is 6. The lowest BCUT2D eigenvalue weighted by molar-refractivity contribution is -0.120. The van der Waals surface area contributed by atoms with E-state index in [1.807, 2.05) is 0 Å². The monoisotopic (exact) mass is 322 g/mol. The van der Waals surface area contributed by atoms with Gasteiger partial charge in [0.25, 0.3) is 5.91 Å². The van der Waals surface area contributed by atoms with E-state index >= 15 is 0 Å². The van der Waals surface area contributed by atoms with E-state index in [0.717, 1.165) is 11.8 Å². The molecule has 0 radical (unpaired) electrons. The van der Waals surface area contributed by atoms with Gasteiger partial charge in [0.2, 0.25) is 5.91 Å². The van der Waals surface area contributed by atoms with Gasteiger partial charge in [0.1, 0.15) is 0 Å². The summed E-state index contributed by atoms with van der Waals surface area (Å²) >= 11 is 0. The summed E-state index contributed by atoms with van der Waals surface area (Å²) in [4.78, 5) is 23.4. The van der Waals surface area contributed by atoms with Gasteiger partial charge in [-0.2, -0.15) is 13.9 Å². The van der Waals surface area contributed by atoms with Gasteiger partial charge in [-0.3, -0.25) is 9.59 Å². The number of para-hydroxylation sites is 1. The first-order valence-electron chi connectivity index (χ1n) is 6.94. The van der Waals surface area contributed by atoms with E-state index in [4.69, 9.17) is 0 Å². The van der Waals surface area contributed by atoms with E-state index in [-0.39, 0.29) is 18.0 Å².